The maximum atomic E-state index is 12.4. The van der Waals surface area contributed by atoms with Crippen molar-refractivity contribution >= 4 is 17.5 Å². The molecule has 1 aliphatic heterocycles. The van der Waals surface area contributed by atoms with E-state index in [9.17, 15) is 9.59 Å². The van der Waals surface area contributed by atoms with E-state index >= 15 is 0 Å². The van der Waals surface area contributed by atoms with Crippen LogP contribution in [0.2, 0.25) is 0 Å². The molecule has 2 aliphatic rings. The summed E-state index contributed by atoms with van der Waals surface area (Å²) < 4.78 is 0. The smallest absolute Gasteiger partial charge is 0.321 e. The number of hydrogen-bond acceptors (Lipinski definition) is 2. The van der Waals surface area contributed by atoms with Gasteiger partial charge >= 0.3 is 6.03 Å². The van der Waals surface area contributed by atoms with Gasteiger partial charge in [-0.05, 0) is 37.0 Å². The molecule has 1 unspecified atom stereocenters. The van der Waals surface area contributed by atoms with E-state index in [2.05, 4.69) is 41.0 Å². The monoisotopic (exact) mass is 356 g/mol. The molecule has 0 bridgehead atoms. The molecule has 3 N–H and O–H groups in total. The summed E-state index contributed by atoms with van der Waals surface area (Å²) in [5.74, 6) is -0.190. The van der Waals surface area contributed by atoms with Gasteiger partial charge in [-0.3, -0.25) is 10.1 Å². The number of benzene rings is 1. The standard InChI is InChI=1S/C21H29N3O2/c1-16(20(25)23-21(26)22-19-10-6-3-7-11-19)24-14-12-18(13-15-24)17-8-4-2-5-9-17/h2,4-5,8-9,12,16,19H,3,6-7,10-11,13-15H2,1H3,(H2,22,23,25,26)/p+1/t16-/m1/s1. The van der Waals surface area contributed by atoms with E-state index in [-0.39, 0.29) is 24.0 Å². The summed E-state index contributed by atoms with van der Waals surface area (Å²) in [7, 11) is 0. The molecule has 0 radical (unpaired) electrons. The minimum Gasteiger partial charge on any atom is -0.335 e. The summed E-state index contributed by atoms with van der Waals surface area (Å²) in [6, 6.07) is 10.0. The number of urea groups is 1. The fourth-order valence-corrected chi connectivity index (χ4v) is 3.94. The summed E-state index contributed by atoms with van der Waals surface area (Å²) in [6.45, 7) is 3.61. The predicted octanol–water partition coefficient (Wildman–Crippen LogP) is 1.91. The lowest BCUT2D eigenvalue weighted by molar-refractivity contribution is -0.909. The highest BCUT2D eigenvalue weighted by Gasteiger charge is 2.28. The molecular weight excluding hydrogens is 326 g/mol. The van der Waals surface area contributed by atoms with Crippen molar-refractivity contribution in [3.05, 3.63) is 42.0 Å². The normalized spacial score (nSPS) is 22.2. The largest absolute Gasteiger partial charge is 0.335 e. The Bertz CT molecular complexity index is 650. The van der Waals surface area contributed by atoms with Crippen molar-refractivity contribution < 1.29 is 14.5 Å². The Hall–Kier alpha value is -2.14. The third-order valence-corrected chi connectivity index (χ3v) is 5.65. The van der Waals surface area contributed by atoms with Crippen molar-refractivity contribution in [2.45, 2.75) is 57.5 Å². The second-order valence-electron chi connectivity index (χ2n) is 7.48. The van der Waals surface area contributed by atoms with Gasteiger partial charge in [-0.2, -0.15) is 0 Å². The molecule has 1 aromatic carbocycles. The first kappa shape index (κ1) is 18.6. The molecule has 1 fully saturated rings. The van der Waals surface area contributed by atoms with E-state index in [0.29, 0.717) is 0 Å². The van der Waals surface area contributed by atoms with Gasteiger partial charge in [0.25, 0.3) is 5.91 Å². The summed E-state index contributed by atoms with van der Waals surface area (Å²) in [6.07, 6.45) is 8.76. The summed E-state index contributed by atoms with van der Waals surface area (Å²) in [5, 5.41) is 5.48. The zero-order valence-corrected chi connectivity index (χ0v) is 15.6. The second-order valence-corrected chi connectivity index (χ2v) is 7.48. The van der Waals surface area contributed by atoms with Gasteiger partial charge in [-0.15, -0.1) is 0 Å². The lowest BCUT2D eigenvalue weighted by Gasteiger charge is -2.28. The fourth-order valence-electron chi connectivity index (χ4n) is 3.94. The summed E-state index contributed by atoms with van der Waals surface area (Å²) in [5.41, 5.74) is 2.60. The number of quaternary nitrogens is 1. The number of amides is 3. The molecule has 0 aromatic heterocycles. The lowest BCUT2D eigenvalue weighted by atomic mass is 9.96. The van der Waals surface area contributed by atoms with Crippen LogP contribution in [0, 0.1) is 0 Å². The van der Waals surface area contributed by atoms with Gasteiger partial charge in [-0.25, -0.2) is 4.79 Å². The average Bonchev–Trinajstić information content (AvgIpc) is 2.69. The van der Waals surface area contributed by atoms with Gasteiger partial charge in [0.05, 0.1) is 13.1 Å². The maximum Gasteiger partial charge on any atom is 0.321 e. The molecule has 1 aliphatic carbocycles. The van der Waals surface area contributed by atoms with Crippen LogP contribution < -0.4 is 15.5 Å². The zero-order chi connectivity index (χ0) is 18.4. The zero-order valence-electron chi connectivity index (χ0n) is 15.6. The Morgan fingerprint density at radius 2 is 1.85 bits per heavy atom. The van der Waals surface area contributed by atoms with Crippen molar-refractivity contribution in [1.29, 1.82) is 0 Å². The number of imide groups is 1. The molecule has 3 rings (SSSR count). The SMILES string of the molecule is C[C@H](C(=O)NC(=O)NC1CCCCC1)[NH+]1CC=C(c2ccccc2)CC1. The van der Waals surface area contributed by atoms with Crippen LogP contribution >= 0.6 is 0 Å². The predicted molar refractivity (Wildman–Crippen MR) is 103 cm³/mol. The van der Waals surface area contributed by atoms with Gasteiger partial charge in [-0.1, -0.05) is 49.6 Å². The third-order valence-electron chi connectivity index (χ3n) is 5.65. The lowest BCUT2D eigenvalue weighted by Crippen LogP contribution is -3.17. The molecule has 1 heterocycles. The van der Waals surface area contributed by atoms with E-state index in [1.807, 2.05) is 13.0 Å². The van der Waals surface area contributed by atoms with Crippen molar-refractivity contribution in [2.75, 3.05) is 13.1 Å². The van der Waals surface area contributed by atoms with Gasteiger partial charge in [0.2, 0.25) is 0 Å². The van der Waals surface area contributed by atoms with Crippen LogP contribution in [0.5, 0.6) is 0 Å². The Balaban J connectivity index is 1.48. The quantitative estimate of drug-likeness (QED) is 0.772. The Morgan fingerprint density at radius 3 is 2.50 bits per heavy atom. The van der Waals surface area contributed by atoms with Crippen LogP contribution in [0.4, 0.5) is 4.79 Å². The number of carbonyl (C=O) groups is 2. The Labute approximate surface area is 155 Å². The second kappa shape index (κ2) is 8.99. The first-order chi connectivity index (χ1) is 12.6. The van der Waals surface area contributed by atoms with Crippen LogP contribution in [-0.2, 0) is 4.79 Å². The molecule has 5 heteroatoms. The molecule has 3 amide bonds. The summed E-state index contributed by atoms with van der Waals surface area (Å²) >= 11 is 0. The van der Waals surface area contributed by atoms with Gasteiger partial charge in [0.1, 0.15) is 0 Å². The minimum atomic E-state index is -0.342. The van der Waals surface area contributed by atoms with Gasteiger partial charge < -0.3 is 10.2 Å². The number of rotatable bonds is 4. The van der Waals surface area contributed by atoms with Crippen LogP contribution in [0.15, 0.2) is 36.4 Å². The molecular formula is C21H30N3O2+. The Kier molecular flexibility index (Phi) is 6.45. The van der Waals surface area contributed by atoms with Crippen LogP contribution in [0.3, 0.4) is 0 Å². The van der Waals surface area contributed by atoms with E-state index in [0.717, 1.165) is 45.2 Å². The highest BCUT2D eigenvalue weighted by atomic mass is 16.2. The van der Waals surface area contributed by atoms with E-state index < -0.39 is 0 Å². The van der Waals surface area contributed by atoms with E-state index in [1.165, 1.54) is 22.5 Å². The van der Waals surface area contributed by atoms with Crippen molar-refractivity contribution in [1.82, 2.24) is 10.6 Å². The molecule has 1 saturated carbocycles. The molecule has 0 saturated heterocycles. The molecule has 0 spiro atoms. The van der Waals surface area contributed by atoms with Crippen molar-refractivity contribution in [3.63, 3.8) is 0 Å². The van der Waals surface area contributed by atoms with Crippen molar-refractivity contribution in [2.24, 2.45) is 0 Å². The van der Waals surface area contributed by atoms with Gasteiger partial charge in [0.15, 0.2) is 6.04 Å². The molecule has 2 atom stereocenters. The number of hydrogen-bond donors (Lipinski definition) is 3. The van der Waals surface area contributed by atoms with Crippen molar-refractivity contribution in [3.8, 4) is 0 Å². The molecule has 140 valence electrons. The molecule has 26 heavy (non-hydrogen) atoms. The van der Waals surface area contributed by atoms with Crippen LogP contribution in [-0.4, -0.2) is 37.1 Å². The minimum absolute atomic E-state index is 0.190. The fraction of sp³-hybridized carbons (Fsp3) is 0.524. The molecule has 1 aromatic rings. The highest BCUT2D eigenvalue weighted by Crippen LogP contribution is 2.18. The topological polar surface area (TPSA) is 62.6 Å². The first-order valence-corrected chi connectivity index (χ1v) is 9.84. The maximum absolute atomic E-state index is 12.4. The van der Waals surface area contributed by atoms with Gasteiger partial charge in [0, 0.05) is 12.5 Å². The van der Waals surface area contributed by atoms with E-state index in [1.54, 1.807) is 0 Å². The third kappa shape index (κ3) is 4.94. The van der Waals surface area contributed by atoms with Crippen LogP contribution in [0.25, 0.3) is 5.57 Å². The molecule has 5 nitrogen and oxygen atoms in total. The van der Waals surface area contributed by atoms with Crippen LogP contribution in [0.1, 0.15) is 51.0 Å². The number of carbonyl (C=O) groups excluding carboxylic acids is 2. The highest BCUT2D eigenvalue weighted by molar-refractivity contribution is 5.96. The van der Waals surface area contributed by atoms with E-state index in [4.69, 9.17) is 0 Å². The number of nitrogens with one attached hydrogen (secondary N) is 3. The summed E-state index contributed by atoms with van der Waals surface area (Å²) in [4.78, 5) is 25.7. The average molecular weight is 356 g/mol. The first-order valence-electron chi connectivity index (χ1n) is 9.84. The Morgan fingerprint density at radius 1 is 1.12 bits per heavy atom.